The molecule has 1 aromatic carbocycles. The van der Waals surface area contributed by atoms with Gasteiger partial charge < -0.3 is 14.6 Å². The average Bonchev–Trinajstić information content (AvgIpc) is 2.65. The third kappa shape index (κ3) is 6.53. The van der Waals surface area contributed by atoms with E-state index in [0.29, 0.717) is 17.9 Å². The molecule has 0 saturated carbocycles. The molecular weight excluding hydrogens is 411 g/mol. The normalized spacial score (nSPS) is 11.4. The zero-order valence-corrected chi connectivity index (χ0v) is 16.5. The van der Waals surface area contributed by atoms with Crippen LogP contribution in [-0.4, -0.2) is 79.7 Å². The van der Waals surface area contributed by atoms with Crippen molar-refractivity contribution in [1.29, 1.82) is 0 Å². The summed E-state index contributed by atoms with van der Waals surface area (Å²) in [5.74, 6) is -4.60. The molecule has 14 heteroatoms. The lowest BCUT2D eigenvalue weighted by molar-refractivity contribution is -0.137. The van der Waals surface area contributed by atoms with Crippen LogP contribution >= 0.6 is 0 Å². The number of ether oxygens (including phenoxy) is 2. The van der Waals surface area contributed by atoms with Crippen LogP contribution in [0.1, 0.15) is 37.4 Å². The molecule has 0 bridgehead atoms. The molecule has 150 valence electrons. The Morgan fingerprint density at radius 2 is 1.53 bits per heavy atom. The Kier molecular flexibility index (Phi) is 9.44. The van der Waals surface area contributed by atoms with Gasteiger partial charge >= 0.3 is 17.9 Å². The van der Waals surface area contributed by atoms with Crippen molar-refractivity contribution in [2.75, 3.05) is 12.4 Å². The number of carboxylic acid groups (broad SMARTS) is 1. The van der Waals surface area contributed by atoms with Crippen molar-refractivity contribution in [3.8, 4) is 0 Å². The summed E-state index contributed by atoms with van der Waals surface area (Å²) in [4.78, 5) is 35.7. The van der Waals surface area contributed by atoms with Crippen LogP contribution in [0, 0.1) is 0 Å². The highest BCUT2D eigenvalue weighted by molar-refractivity contribution is 7.85. The van der Waals surface area contributed by atoms with E-state index in [-0.39, 0.29) is 35.6 Å². The van der Waals surface area contributed by atoms with E-state index in [4.69, 9.17) is 40.7 Å². The monoisotopic (exact) mass is 426 g/mol. The maximum absolute atomic E-state index is 12.5. The van der Waals surface area contributed by atoms with Gasteiger partial charge in [-0.1, -0.05) is 35.6 Å². The predicted molar refractivity (Wildman–Crippen MR) is 109 cm³/mol. The third-order valence-corrected chi connectivity index (χ3v) is 4.55. The summed E-state index contributed by atoms with van der Waals surface area (Å²) in [5, 5.41) is 9.51. The molecular formula is C16H14B4O9S. The van der Waals surface area contributed by atoms with Crippen LogP contribution in [0.4, 0.5) is 0 Å². The van der Waals surface area contributed by atoms with Gasteiger partial charge in [-0.3, -0.25) is 4.55 Å². The van der Waals surface area contributed by atoms with Crippen LogP contribution < -0.4 is 5.46 Å². The summed E-state index contributed by atoms with van der Waals surface area (Å²) in [6, 6.07) is 0. The standard InChI is InChI=1S/C16H14B4O9S/c17-5-8-9(6-18)12(13(15(22)23)14(20)10(8)7-19)16(24)29-2-1-11(21)28-3-4-30(25,26)27/h1-2H,3-7H2,(H,22,23)(H,25,26,27)/b2-1+. The van der Waals surface area contributed by atoms with E-state index in [0.717, 1.165) is 0 Å². The topological polar surface area (TPSA) is 144 Å². The first-order chi connectivity index (χ1) is 14.0. The number of hydrogen-bond donors (Lipinski definition) is 2. The quantitative estimate of drug-likeness (QED) is 0.147. The minimum atomic E-state index is -4.31. The molecule has 1 aromatic rings. The second-order valence-corrected chi connectivity index (χ2v) is 7.25. The molecule has 0 unspecified atom stereocenters. The van der Waals surface area contributed by atoms with E-state index < -0.39 is 51.5 Å². The molecule has 9 nitrogen and oxygen atoms in total. The lowest BCUT2D eigenvalue weighted by Crippen LogP contribution is -2.29. The molecule has 0 heterocycles. The Labute approximate surface area is 178 Å². The molecule has 0 amide bonds. The highest BCUT2D eigenvalue weighted by atomic mass is 32.2. The van der Waals surface area contributed by atoms with Crippen molar-refractivity contribution >= 4 is 64.9 Å². The molecule has 0 aliphatic heterocycles. The first kappa shape index (κ1) is 25.6. The summed E-state index contributed by atoms with van der Waals surface area (Å²) < 4.78 is 38.9. The van der Waals surface area contributed by atoms with E-state index in [1.807, 2.05) is 0 Å². The summed E-state index contributed by atoms with van der Waals surface area (Å²) in [6.07, 6.45) is 0.715. The molecule has 0 saturated heterocycles. The number of rotatable bonds is 10. The highest BCUT2D eigenvalue weighted by Gasteiger charge is 2.27. The number of aromatic carboxylic acids is 1. The van der Waals surface area contributed by atoms with Crippen LogP contribution in [0.5, 0.6) is 0 Å². The molecule has 0 spiro atoms. The average molecular weight is 426 g/mol. The summed E-state index contributed by atoms with van der Waals surface area (Å²) in [7, 11) is 18.5. The van der Waals surface area contributed by atoms with Crippen molar-refractivity contribution in [3.05, 3.63) is 40.2 Å². The Bertz CT molecular complexity index is 974. The fraction of sp³-hybridized carbons (Fsp3) is 0.312. The Morgan fingerprint density at radius 1 is 0.967 bits per heavy atom. The van der Waals surface area contributed by atoms with Gasteiger partial charge in [0.05, 0.1) is 40.7 Å². The van der Waals surface area contributed by atoms with E-state index in [9.17, 15) is 27.9 Å². The maximum atomic E-state index is 12.5. The van der Waals surface area contributed by atoms with Crippen molar-refractivity contribution in [1.82, 2.24) is 0 Å². The molecule has 30 heavy (non-hydrogen) atoms. The van der Waals surface area contributed by atoms with Crippen molar-refractivity contribution in [2.24, 2.45) is 0 Å². The Balaban J connectivity index is 3.18. The second-order valence-electron chi connectivity index (χ2n) is 5.68. The van der Waals surface area contributed by atoms with Crippen LogP contribution in [-0.2, 0) is 43.3 Å². The smallest absolute Gasteiger partial charge is 0.344 e. The van der Waals surface area contributed by atoms with Gasteiger partial charge in [0.15, 0.2) is 0 Å². The summed E-state index contributed by atoms with van der Waals surface area (Å²) in [5.41, 5.74) is -0.637. The number of hydrogen-bond acceptors (Lipinski definition) is 7. The Morgan fingerprint density at radius 3 is 2.00 bits per heavy atom. The van der Waals surface area contributed by atoms with Gasteiger partial charge in [0.2, 0.25) is 0 Å². The van der Waals surface area contributed by atoms with E-state index in [1.165, 1.54) is 0 Å². The number of carbonyl (C=O) groups excluding carboxylic acids is 2. The minimum Gasteiger partial charge on any atom is -0.478 e. The van der Waals surface area contributed by atoms with Gasteiger partial charge in [0.25, 0.3) is 10.1 Å². The molecule has 0 aromatic heterocycles. The molecule has 1 rings (SSSR count). The minimum absolute atomic E-state index is 0.0821. The Hall–Kier alpha value is -2.46. The lowest BCUT2D eigenvalue weighted by atomic mass is 9.70. The largest absolute Gasteiger partial charge is 0.478 e. The van der Waals surface area contributed by atoms with Gasteiger partial charge in [-0.15, -0.1) is 0 Å². The summed E-state index contributed by atoms with van der Waals surface area (Å²) in [6.45, 7) is -0.632. The van der Waals surface area contributed by atoms with Gasteiger partial charge in [-0.25, -0.2) is 14.4 Å². The molecule has 2 N–H and O–H groups in total. The zero-order valence-electron chi connectivity index (χ0n) is 15.7. The van der Waals surface area contributed by atoms with E-state index >= 15 is 0 Å². The van der Waals surface area contributed by atoms with Crippen LogP contribution in [0.25, 0.3) is 0 Å². The molecule has 0 aliphatic carbocycles. The lowest BCUT2D eigenvalue weighted by Gasteiger charge is -2.22. The fourth-order valence-electron chi connectivity index (χ4n) is 2.59. The van der Waals surface area contributed by atoms with Crippen LogP contribution in [0.2, 0.25) is 0 Å². The molecule has 0 fully saturated rings. The van der Waals surface area contributed by atoms with Crippen LogP contribution in [0.15, 0.2) is 12.3 Å². The van der Waals surface area contributed by atoms with Gasteiger partial charge in [0, 0.05) is 0 Å². The van der Waals surface area contributed by atoms with Crippen molar-refractivity contribution in [3.63, 3.8) is 0 Å². The highest BCUT2D eigenvalue weighted by Crippen LogP contribution is 2.24. The van der Waals surface area contributed by atoms with Crippen molar-refractivity contribution < 1.29 is 41.9 Å². The zero-order chi connectivity index (χ0) is 23.1. The molecule has 0 aliphatic rings. The first-order valence-electron chi connectivity index (χ1n) is 8.27. The van der Waals surface area contributed by atoms with Crippen molar-refractivity contribution in [2.45, 2.75) is 19.0 Å². The van der Waals surface area contributed by atoms with Gasteiger partial charge in [-0.05, 0) is 5.56 Å². The fourth-order valence-corrected chi connectivity index (χ4v) is 2.88. The van der Waals surface area contributed by atoms with E-state index in [2.05, 4.69) is 4.74 Å². The van der Waals surface area contributed by atoms with Crippen LogP contribution in [0.3, 0.4) is 0 Å². The first-order valence-corrected chi connectivity index (χ1v) is 9.88. The number of esters is 2. The third-order valence-electron chi connectivity index (χ3n) is 3.87. The summed E-state index contributed by atoms with van der Waals surface area (Å²) >= 11 is 0. The predicted octanol–water partition coefficient (Wildman–Crippen LogP) is -1.71. The maximum Gasteiger partial charge on any atom is 0.344 e. The number of benzene rings is 1. The van der Waals surface area contributed by atoms with Gasteiger partial charge in [0.1, 0.15) is 26.5 Å². The molecule has 8 radical (unpaired) electrons. The number of carboxylic acids is 1. The number of carbonyl (C=O) groups is 3. The second kappa shape index (κ2) is 11.1. The molecule has 0 atom stereocenters. The van der Waals surface area contributed by atoms with Gasteiger partial charge in [-0.2, -0.15) is 8.42 Å². The van der Waals surface area contributed by atoms with E-state index in [1.54, 1.807) is 0 Å². The SMILES string of the molecule is [B]Cc1c([B])c(C(=O)O)c(C(=O)O/C=C/C(=O)OCCS(=O)(=O)O)c(C[B])c1C[B].